The van der Waals surface area contributed by atoms with Crippen molar-refractivity contribution in [2.75, 3.05) is 11.9 Å². The molecule has 0 aromatic heterocycles. The molecule has 0 saturated carbocycles. The summed E-state index contributed by atoms with van der Waals surface area (Å²) in [7, 11) is 0. The lowest BCUT2D eigenvalue weighted by Crippen LogP contribution is -2.52. The number of amides is 2. The Labute approximate surface area is 167 Å². The smallest absolute Gasteiger partial charge is 0.308 e. The fraction of sp³-hybridized carbons (Fsp3) is 0.571. The van der Waals surface area contributed by atoms with E-state index >= 15 is 0 Å². The first-order valence-corrected chi connectivity index (χ1v) is 9.75. The minimum atomic E-state index is -0.668. The van der Waals surface area contributed by atoms with Crippen LogP contribution in [0.15, 0.2) is 24.3 Å². The van der Waals surface area contributed by atoms with E-state index in [4.69, 9.17) is 4.74 Å². The molecule has 3 N–H and O–H groups in total. The number of nitrogens with one attached hydrogen (secondary N) is 3. The number of likely N-dealkylation sites (N-methyl/N-ethyl adjacent to an activating group) is 1. The quantitative estimate of drug-likeness (QED) is 0.533. The number of hydrogen-bond donors (Lipinski definition) is 3. The Morgan fingerprint density at radius 2 is 1.57 bits per heavy atom. The summed E-state index contributed by atoms with van der Waals surface area (Å²) in [5.41, 5.74) is 1.44. The van der Waals surface area contributed by atoms with Gasteiger partial charge in [-0.3, -0.25) is 14.4 Å². The van der Waals surface area contributed by atoms with Crippen LogP contribution in [0.3, 0.4) is 0 Å². The van der Waals surface area contributed by atoms with Gasteiger partial charge in [0.1, 0.15) is 12.6 Å². The standard InChI is InChI=1S/C21H33N3O4/c1-7-22-18(13(2)3)20(26)23-15(6)19(25)24-17-10-8-16(9-11-17)12-28-21(27)14(4)5/h8-11,13-15,18,22H,7,12H2,1-6H3,(H,23,26)(H,24,25)/t15-,18-/m0/s1. The Morgan fingerprint density at radius 1 is 0.964 bits per heavy atom. The van der Waals surface area contributed by atoms with Gasteiger partial charge in [0, 0.05) is 5.69 Å². The fourth-order valence-electron chi connectivity index (χ4n) is 2.48. The Hall–Kier alpha value is -2.41. The zero-order chi connectivity index (χ0) is 21.3. The SMILES string of the molecule is CCN[C@H](C(=O)N[C@@H](C)C(=O)Nc1ccc(COC(=O)C(C)C)cc1)C(C)C. The van der Waals surface area contributed by atoms with Gasteiger partial charge < -0.3 is 20.7 Å². The lowest BCUT2D eigenvalue weighted by Gasteiger charge is -2.23. The normalized spacial score (nSPS) is 13.1. The number of carbonyl (C=O) groups is 3. The molecule has 2 atom stereocenters. The maximum atomic E-state index is 12.4. The molecule has 7 heteroatoms. The lowest BCUT2D eigenvalue weighted by atomic mass is 10.0. The third-order valence-electron chi connectivity index (χ3n) is 4.20. The molecule has 0 aliphatic heterocycles. The van der Waals surface area contributed by atoms with Gasteiger partial charge in [0.2, 0.25) is 11.8 Å². The Kier molecular flexibility index (Phi) is 9.65. The van der Waals surface area contributed by atoms with Gasteiger partial charge in [-0.25, -0.2) is 0 Å². The molecule has 28 heavy (non-hydrogen) atoms. The molecule has 0 aliphatic carbocycles. The minimum absolute atomic E-state index is 0.118. The van der Waals surface area contributed by atoms with E-state index in [0.717, 1.165) is 5.56 Å². The van der Waals surface area contributed by atoms with Crippen LogP contribution in [0.4, 0.5) is 5.69 Å². The molecule has 0 radical (unpaired) electrons. The van der Waals surface area contributed by atoms with Crippen LogP contribution in [-0.2, 0) is 25.7 Å². The van der Waals surface area contributed by atoms with Crippen molar-refractivity contribution in [3.05, 3.63) is 29.8 Å². The maximum absolute atomic E-state index is 12.4. The van der Waals surface area contributed by atoms with Crippen molar-refractivity contribution in [2.24, 2.45) is 11.8 Å². The van der Waals surface area contributed by atoms with Crippen molar-refractivity contribution in [1.82, 2.24) is 10.6 Å². The molecule has 0 unspecified atom stereocenters. The highest BCUT2D eigenvalue weighted by atomic mass is 16.5. The van der Waals surface area contributed by atoms with Crippen LogP contribution >= 0.6 is 0 Å². The predicted molar refractivity (Wildman–Crippen MR) is 110 cm³/mol. The van der Waals surface area contributed by atoms with E-state index in [9.17, 15) is 14.4 Å². The van der Waals surface area contributed by atoms with E-state index in [1.54, 1.807) is 45.0 Å². The average Bonchev–Trinajstić information content (AvgIpc) is 2.64. The zero-order valence-electron chi connectivity index (χ0n) is 17.7. The average molecular weight is 392 g/mol. The van der Waals surface area contributed by atoms with Gasteiger partial charge in [0.15, 0.2) is 0 Å². The number of anilines is 1. The number of benzene rings is 1. The summed E-state index contributed by atoms with van der Waals surface area (Å²) in [6.45, 7) is 11.9. The van der Waals surface area contributed by atoms with Crippen molar-refractivity contribution in [3.63, 3.8) is 0 Å². The maximum Gasteiger partial charge on any atom is 0.308 e. The highest BCUT2D eigenvalue weighted by Gasteiger charge is 2.24. The molecule has 0 bridgehead atoms. The topological polar surface area (TPSA) is 96.5 Å². The molecule has 0 heterocycles. The summed E-state index contributed by atoms with van der Waals surface area (Å²) < 4.78 is 5.17. The van der Waals surface area contributed by atoms with Gasteiger partial charge in [-0.05, 0) is 37.1 Å². The molecule has 2 amide bonds. The van der Waals surface area contributed by atoms with Crippen LogP contribution in [0, 0.1) is 11.8 Å². The number of ether oxygens (including phenoxy) is 1. The first-order chi connectivity index (χ1) is 13.1. The van der Waals surface area contributed by atoms with E-state index in [1.165, 1.54) is 0 Å². The van der Waals surface area contributed by atoms with Crippen LogP contribution in [0.25, 0.3) is 0 Å². The molecule has 0 spiro atoms. The van der Waals surface area contributed by atoms with Crippen molar-refractivity contribution < 1.29 is 19.1 Å². The third-order valence-corrected chi connectivity index (χ3v) is 4.20. The number of rotatable bonds is 10. The Balaban J connectivity index is 2.57. The molecular formula is C21H33N3O4. The highest BCUT2D eigenvalue weighted by Crippen LogP contribution is 2.12. The number of esters is 1. The van der Waals surface area contributed by atoms with E-state index in [0.29, 0.717) is 12.2 Å². The summed E-state index contributed by atoms with van der Waals surface area (Å²) >= 11 is 0. The van der Waals surface area contributed by atoms with Crippen molar-refractivity contribution in [1.29, 1.82) is 0 Å². The fourth-order valence-corrected chi connectivity index (χ4v) is 2.48. The van der Waals surface area contributed by atoms with E-state index in [-0.39, 0.29) is 42.3 Å². The van der Waals surface area contributed by atoms with E-state index in [2.05, 4.69) is 16.0 Å². The Morgan fingerprint density at radius 3 is 2.07 bits per heavy atom. The van der Waals surface area contributed by atoms with Gasteiger partial charge in [-0.15, -0.1) is 0 Å². The summed E-state index contributed by atoms with van der Waals surface area (Å²) in [5, 5.41) is 8.65. The molecule has 0 aliphatic rings. The second kappa shape index (κ2) is 11.4. The van der Waals surface area contributed by atoms with Gasteiger partial charge >= 0.3 is 5.97 Å². The summed E-state index contributed by atoms with van der Waals surface area (Å²) in [5.74, 6) is -0.794. The van der Waals surface area contributed by atoms with E-state index < -0.39 is 6.04 Å². The van der Waals surface area contributed by atoms with Crippen LogP contribution in [0.2, 0.25) is 0 Å². The van der Waals surface area contributed by atoms with E-state index in [1.807, 2.05) is 20.8 Å². The van der Waals surface area contributed by atoms with Crippen molar-refractivity contribution >= 4 is 23.5 Å². The van der Waals surface area contributed by atoms with Gasteiger partial charge in [-0.2, -0.15) is 0 Å². The highest BCUT2D eigenvalue weighted by molar-refractivity contribution is 5.97. The summed E-state index contributed by atoms with van der Waals surface area (Å²) in [6.07, 6.45) is 0. The van der Waals surface area contributed by atoms with Crippen molar-refractivity contribution in [2.45, 2.75) is 60.2 Å². The molecule has 0 saturated heterocycles. The molecule has 7 nitrogen and oxygen atoms in total. The molecule has 1 aromatic rings. The van der Waals surface area contributed by atoms with Crippen LogP contribution in [-0.4, -0.2) is 36.4 Å². The number of carbonyl (C=O) groups excluding carboxylic acids is 3. The second-order valence-electron chi connectivity index (χ2n) is 7.46. The molecule has 1 rings (SSSR count). The van der Waals surface area contributed by atoms with Crippen LogP contribution in [0.1, 0.15) is 47.1 Å². The summed E-state index contributed by atoms with van der Waals surface area (Å²) in [6, 6.07) is 6.03. The largest absolute Gasteiger partial charge is 0.461 e. The predicted octanol–water partition coefficient (Wildman–Crippen LogP) is 2.46. The Bertz CT molecular complexity index is 656. The van der Waals surface area contributed by atoms with Gasteiger partial charge in [-0.1, -0.05) is 46.8 Å². The third kappa shape index (κ3) is 7.68. The van der Waals surface area contributed by atoms with Gasteiger partial charge in [0.05, 0.1) is 12.0 Å². The molecule has 156 valence electrons. The molecule has 1 aromatic carbocycles. The van der Waals surface area contributed by atoms with Gasteiger partial charge in [0.25, 0.3) is 0 Å². The van der Waals surface area contributed by atoms with Crippen LogP contribution < -0.4 is 16.0 Å². The monoisotopic (exact) mass is 391 g/mol. The van der Waals surface area contributed by atoms with Crippen LogP contribution in [0.5, 0.6) is 0 Å². The lowest BCUT2D eigenvalue weighted by molar-refractivity contribution is -0.148. The van der Waals surface area contributed by atoms with Crippen molar-refractivity contribution in [3.8, 4) is 0 Å². The first-order valence-electron chi connectivity index (χ1n) is 9.75. The number of hydrogen-bond acceptors (Lipinski definition) is 5. The molecule has 0 fully saturated rings. The molecular weight excluding hydrogens is 358 g/mol. The zero-order valence-corrected chi connectivity index (χ0v) is 17.7. The summed E-state index contributed by atoms with van der Waals surface area (Å²) in [4.78, 5) is 36.2. The first kappa shape index (κ1) is 23.6. The minimum Gasteiger partial charge on any atom is -0.461 e. The second-order valence-corrected chi connectivity index (χ2v) is 7.46.